The second kappa shape index (κ2) is 9.84. The molecule has 6 nitrogen and oxygen atoms in total. The highest BCUT2D eigenvalue weighted by molar-refractivity contribution is 7.52. The van der Waals surface area contributed by atoms with Crippen molar-refractivity contribution in [2.75, 3.05) is 0 Å². The van der Waals surface area contributed by atoms with Gasteiger partial charge in [0.05, 0.1) is 6.10 Å². The lowest BCUT2D eigenvalue weighted by Crippen LogP contribution is -2.37. The quantitative estimate of drug-likeness (QED) is 0.173. The van der Waals surface area contributed by atoms with Gasteiger partial charge in [-0.1, -0.05) is 11.6 Å². The lowest BCUT2D eigenvalue weighted by atomic mass is 10.3. The number of hydrogen-bond acceptors (Lipinski definition) is 5. The molecule has 2 aromatic carbocycles. The summed E-state index contributed by atoms with van der Waals surface area (Å²) in [6, 6.07) is 3.55. The fourth-order valence-corrected chi connectivity index (χ4v) is 3.76. The molecule has 2 unspecified atom stereocenters. The number of carbonyl (C=O) groups excluding carboxylic acids is 1. The maximum atomic E-state index is 14.0. The molecule has 0 aromatic heterocycles. The zero-order valence-electron chi connectivity index (χ0n) is 16.2. The van der Waals surface area contributed by atoms with Crippen LogP contribution in [0.5, 0.6) is 11.5 Å². The van der Waals surface area contributed by atoms with Crippen molar-refractivity contribution in [1.82, 2.24) is 5.09 Å². The average molecular weight is 488 g/mol. The Hall–Kier alpha value is -2.36. The van der Waals surface area contributed by atoms with Crippen LogP contribution in [0.3, 0.4) is 0 Å². The third kappa shape index (κ3) is 6.09. The first-order valence-electron chi connectivity index (χ1n) is 8.59. The molecule has 170 valence electrons. The molecule has 0 radical (unpaired) electrons. The number of nitrogens with one attached hydrogen (secondary N) is 1. The summed E-state index contributed by atoms with van der Waals surface area (Å²) < 4.78 is 96.2. The van der Waals surface area contributed by atoms with Crippen LogP contribution in [0.25, 0.3) is 0 Å². The van der Waals surface area contributed by atoms with Crippen molar-refractivity contribution >= 4 is 25.3 Å². The Kier molecular flexibility index (Phi) is 7.91. The monoisotopic (exact) mass is 487 g/mol. The number of benzene rings is 2. The number of halogens is 6. The molecular weight excluding hydrogens is 472 g/mol. The molecule has 13 heteroatoms. The van der Waals surface area contributed by atoms with Gasteiger partial charge < -0.3 is 13.8 Å². The summed E-state index contributed by atoms with van der Waals surface area (Å²) in [6.07, 6.45) is -0.565. The molecule has 0 saturated heterocycles. The standard InChI is InChI=1S/C18H16ClF5NO5P/c1-8(2)28-18(26)9(3)25-31(27,29-11-6-4-10(19)5-7-11)30-17-15(23)13(21)12(20)14(22)16(17)24/h4-9H,1-3H3,(H,25,27). The summed E-state index contributed by atoms with van der Waals surface area (Å²) in [5.74, 6) is -14.8. The first-order valence-corrected chi connectivity index (χ1v) is 10.5. The Morgan fingerprint density at radius 1 is 0.903 bits per heavy atom. The van der Waals surface area contributed by atoms with E-state index in [4.69, 9.17) is 20.9 Å². The second-order valence-electron chi connectivity index (χ2n) is 6.37. The Balaban J connectivity index is 2.46. The van der Waals surface area contributed by atoms with E-state index in [1.807, 2.05) is 5.09 Å². The van der Waals surface area contributed by atoms with Gasteiger partial charge in [-0.2, -0.15) is 13.9 Å². The first kappa shape index (κ1) is 24.9. The van der Waals surface area contributed by atoms with E-state index in [0.717, 1.165) is 6.92 Å². The number of ether oxygens (including phenoxy) is 1. The van der Waals surface area contributed by atoms with E-state index in [1.54, 1.807) is 0 Å². The fraction of sp³-hybridized carbons (Fsp3) is 0.278. The summed E-state index contributed by atoms with van der Waals surface area (Å²) in [7, 11) is -4.97. The topological polar surface area (TPSA) is 73.9 Å². The third-order valence-electron chi connectivity index (χ3n) is 3.48. The molecule has 1 N–H and O–H groups in total. The van der Waals surface area contributed by atoms with Crippen molar-refractivity contribution in [2.24, 2.45) is 0 Å². The predicted molar refractivity (Wildman–Crippen MR) is 100 cm³/mol. The molecule has 0 fully saturated rings. The van der Waals surface area contributed by atoms with Crippen LogP contribution in [0.2, 0.25) is 5.02 Å². The van der Waals surface area contributed by atoms with Crippen LogP contribution in [0, 0.1) is 29.1 Å². The summed E-state index contributed by atoms with van der Waals surface area (Å²) in [5.41, 5.74) is 0. The van der Waals surface area contributed by atoms with Crippen molar-refractivity contribution in [2.45, 2.75) is 32.9 Å². The maximum absolute atomic E-state index is 14.0. The minimum absolute atomic E-state index is 0.214. The van der Waals surface area contributed by atoms with E-state index < -0.39 is 60.7 Å². The highest BCUT2D eigenvalue weighted by Gasteiger charge is 2.38. The SMILES string of the molecule is CC(C)OC(=O)C(C)NP(=O)(Oc1ccc(Cl)cc1)Oc1c(F)c(F)c(F)c(F)c1F. The number of carbonyl (C=O) groups is 1. The van der Waals surface area contributed by atoms with Gasteiger partial charge in [-0.05, 0) is 45.0 Å². The van der Waals surface area contributed by atoms with Gasteiger partial charge in [0, 0.05) is 5.02 Å². The summed E-state index contributed by atoms with van der Waals surface area (Å²) in [5, 5.41) is 2.30. The molecule has 0 aliphatic heterocycles. The van der Waals surface area contributed by atoms with Gasteiger partial charge in [0.1, 0.15) is 11.8 Å². The minimum Gasteiger partial charge on any atom is -0.462 e. The zero-order valence-corrected chi connectivity index (χ0v) is 17.9. The smallest absolute Gasteiger partial charge is 0.462 e. The molecule has 31 heavy (non-hydrogen) atoms. The Labute approximate surface area is 178 Å². The van der Waals surface area contributed by atoms with Crippen molar-refractivity contribution in [3.05, 3.63) is 58.4 Å². The molecule has 0 aliphatic carbocycles. The van der Waals surface area contributed by atoms with E-state index in [1.165, 1.54) is 38.1 Å². The molecule has 2 aromatic rings. The number of rotatable bonds is 8. The molecular formula is C18H16ClF5NO5P. The van der Waals surface area contributed by atoms with Crippen LogP contribution in [-0.4, -0.2) is 18.1 Å². The minimum atomic E-state index is -4.97. The predicted octanol–water partition coefficient (Wildman–Crippen LogP) is 5.53. The van der Waals surface area contributed by atoms with E-state index >= 15 is 0 Å². The van der Waals surface area contributed by atoms with E-state index in [2.05, 4.69) is 4.52 Å². The average Bonchev–Trinajstić information content (AvgIpc) is 2.69. The third-order valence-corrected chi connectivity index (χ3v) is 5.31. The lowest BCUT2D eigenvalue weighted by molar-refractivity contribution is -0.149. The molecule has 0 saturated carbocycles. The van der Waals surface area contributed by atoms with Gasteiger partial charge in [-0.3, -0.25) is 4.79 Å². The van der Waals surface area contributed by atoms with Crippen molar-refractivity contribution in [3.63, 3.8) is 0 Å². The van der Waals surface area contributed by atoms with Crippen LogP contribution < -0.4 is 14.1 Å². The summed E-state index contributed by atoms with van der Waals surface area (Å²) in [4.78, 5) is 12.0. The van der Waals surface area contributed by atoms with Gasteiger partial charge >= 0.3 is 13.7 Å². The zero-order chi connectivity index (χ0) is 23.5. The van der Waals surface area contributed by atoms with Crippen LogP contribution >= 0.6 is 19.3 Å². The van der Waals surface area contributed by atoms with Crippen LogP contribution in [0.15, 0.2) is 24.3 Å². The van der Waals surface area contributed by atoms with E-state index in [-0.39, 0.29) is 10.8 Å². The molecule has 0 bridgehead atoms. The number of esters is 1. The first-order chi connectivity index (χ1) is 14.3. The highest BCUT2D eigenvalue weighted by Crippen LogP contribution is 2.47. The summed E-state index contributed by atoms with van der Waals surface area (Å²) >= 11 is 5.73. The van der Waals surface area contributed by atoms with Crippen LogP contribution in [-0.2, 0) is 14.1 Å². The van der Waals surface area contributed by atoms with Crippen LogP contribution in [0.1, 0.15) is 20.8 Å². The van der Waals surface area contributed by atoms with Gasteiger partial charge in [0.15, 0.2) is 0 Å². The number of hydrogen-bond donors (Lipinski definition) is 1. The Morgan fingerprint density at radius 3 is 1.87 bits per heavy atom. The van der Waals surface area contributed by atoms with Crippen molar-refractivity contribution in [1.29, 1.82) is 0 Å². The molecule has 2 rings (SSSR count). The molecule has 0 amide bonds. The molecule has 0 aliphatic rings. The van der Waals surface area contributed by atoms with Crippen LogP contribution in [0.4, 0.5) is 22.0 Å². The Morgan fingerprint density at radius 2 is 1.39 bits per heavy atom. The fourth-order valence-electron chi connectivity index (χ4n) is 2.11. The van der Waals surface area contributed by atoms with Gasteiger partial charge in [0.25, 0.3) is 0 Å². The largest absolute Gasteiger partial charge is 0.513 e. The van der Waals surface area contributed by atoms with Gasteiger partial charge in [-0.15, -0.1) is 0 Å². The maximum Gasteiger partial charge on any atom is 0.513 e. The highest BCUT2D eigenvalue weighted by atomic mass is 35.5. The van der Waals surface area contributed by atoms with E-state index in [0.29, 0.717) is 0 Å². The lowest BCUT2D eigenvalue weighted by Gasteiger charge is -2.24. The van der Waals surface area contributed by atoms with Crippen molar-refractivity contribution < 1.29 is 45.1 Å². The molecule has 0 heterocycles. The van der Waals surface area contributed by atoms with Crippen molar-refractivity contribution in [3.8, 4) is 11.5 Å². The second-order valence-corrected chi connectivity index (χ2v) is 8.42. The Bertz CT molecular complexity index is 992. The summed E-state index contributed by atoms with van der Waals surface area (Å²) in [6.45, 7) is 4.21. The van der Waals surface area contributed by atoms with E-state index in [9.17, 15) is 31.3 Å². The van der Waals surface area contributed by atoms with Gasteiger partial charge in [0.2, 0.25) is 34.8 Å². The normalized spacial score (nSPS) is 14.1. The molecule has 0 spiro atoms. The molecule has 2 atom stereocenters. The van der Waals surface area contributed by atoms with Gasteiger partial charge in [-0.25, -0.2) is 17.7 Å².